The zero-order chi connectivity index (χ0) is 20.1. The molecule has 3 rings (SSSR count). The van der Waals surface area contributed by atoms with Gasteiger partial charge < -0.3 is 10.1 Å². The summed E-state index contributed by atoms with van der Waals surface area (Å²) in [4.78, 5) is 13.2. The maximum absolute atomic E-state index is 13.3. The first-order chi connectivity index (χ1) is 13.4. The van der Waals surface area contributed by atoms with E-state index in [0.29, 0.717) is 30.7 Å². The summed E-state index contributed by atoms with van der Waals surface area (Å²) in [7, 11) is -2.24. The second-order valence-corrected chi connectivity index (χ2v) is 9.81. The average Bonchev–Trinajstić information content (AvgIpc) is 3.15. The van der Waals surface area contributed by atoms with E-state index in [9.17, 15) is 13.2 Å². The van der Waals surface area contributed by atoms with Crippen molar-refractivity contribution in [1.29, 1.82) is 0 Å². The lowest BCUT2D eigenvalue weighted by Gasteiger charge is -2.27. The Morgan fingerprint density at radius 3 is 2.43 bits per heavy atom. The number of carbonyl (C=O) groups is 1. The molecule has 1 unspecified atom stereocenters. The van der Waals surface area contributed by atoms with Crippen molar-refractivity contribution in [3.63, 3.8) is 0 Å². The van der Waals surface area contributed by atoms with E-state index in [2.05, 4.69) is 5.32 Å². The molecular weight excluding hydrogens is 376 g/mol. The van der Waals surface area contributed by atoms with E-state index in [1.165, 1.54) is 30.7 Å². The highest BCUT2D eigenvalue weighted by Gasteiger charge is 2.40. The van der Waals surface area contributed by atoms with Crippen molar-refractivity contribution in [2.75, 3.05) is 13.7 Å². The van der Waals surface area contributed by atoms with Gasteiger partial charge in [-0.1, -0.05) is 38.2 Å². The fourth-order valence-electron chi connectivity index (χ4n) is 4.30. The van der Waals surface area contributed by atoms with Gasteiger partial charge in [0.05, 0.1) is 12.0 Å². The van der Waals surface area contributed by atoms with Gasteiger partial charge in [0.2, 0.25) is 15.9 Å². The van der Waals surface area contributed by atoms with E-state index in [4.69, 9.17) is 4.74 Å². The topological polar surface area (TPSA) is 75.7 Å². The van der Waals surface area contributed by atoms with Gasteiger partial charge in [0.1, 0.15) is 11.8 Å². The van der Waals surface area contributed by atoms with Crippen molar-refractivity contribution >= 4 is 15.9 Å². The third kappa shape index (κ3) is 4.69. The number of nitrogens with one attached hydrogen (secondary N) is 1. The van der Waals surface area contributed by atoms with E-state index < -0.39 is 16.1 Å². The predicted molar refractivity (Wildman–Crippen MR) is 109 cm³/mol. The van der Waals surface area contributed by atoms with Crippen LogP contribution in [-0.4, -0.2) is 44.4 Å². The second-order valence-electron chi connectivity index (χ2n) is 7.96. The monoisotopic (exact) mass is 408 g/mol. The number of sulfonamides is 1. The SMILES string of the molecule is COc1ccc(C)c(S(=O)(=O)N2CCCC2C(=O)NC2CCCCCCC2)c1. The maximum atomic E-state index is 13.3. The number of nitrogens with zero attached hydrogens (tertiary/aromatic N) is 1. The third-order valence-corrected chi connectivity index (χ3v) is 7.99. The number of rotatable bonds is 5. The minimum Gasteiger partial charge on any atom is -0.497 e. The van der Waals surface area contributed by atoms with Crippen LogP contribution in [0, 0.1) is 6.92 Å². The number of methoxy groups -OCH3 is 1. The van der Waals surface area contributed by atoms with Crippen molar-refractivity contribution in [3.8, 4) is 5.75 Å². The Labute approximate surface area is 168 Å². The van der Waals surface area contributed by atoms with Crippen LogP contribution < -0.4 is 10.1 Å². The number of ether oxygens (including phenoxy) is 1. The van der Waals surface area contributed by atoms with Crippen LogP contribution >= 0.6 is 0 Å². The Balaban J connectivity index is 1.77. The molecule has 1 heterocycles. The van der Waals surface area contributed by atoms with Crippen LogP contribution in [0.3, 0.4) is 0 Å². The molecule has 1 N–H and O–H groups in total. The van der Waals surface area contributed by atoms with E-state index >= 15 is 0 Å². The highest BCUT2D eigenvalue weighted by Crippen LogP contribution is 2.30. The van der Waals surface area contributed by atoms with E-state index in [0.717, 1.165) is 25.7 Å². The number of carbonyl (C=O) groups excluding carboxylic acids is 1. The molecule has 0 bridgehead atoms. The van der Waals surface area contributed by atoms with Gasteiger partial charge in [0, 0.05) is 18.7 Å². The van der Waals surface area contributed by atoms with Crippen LogP contribution in [0.2, 0.25) is 0 Å². The molecule has 6 nitrogen and oxygen atoms in total. The Hall–Kier alpha value is -1.60. The standard InChI is InChI=1S/C21H32N2O4S/c1-16-12-13-18(27-2)15-20(16)28(25,26)23-14-8-11-19(23)21(24)22-17-9-6-4-3-5-7-10-17/h12-13,15,17,19H,3-11,14H2,1-2H3,(H,22,24). The molecule has 0 radical (unpaired) electrons. The van der Waals surface area contributed by atoms with Crippen molar-refractivity contribution in [2.45, 2.75) is 81.7 Å². The summed E-state index contributed by atoms with van der Waals surface area (Å²) in [5.74, 6) is 0.353. The lowest BCUT2D eigenvalue weighted by Crippen LogP contribution is -2.49. The van der Waals surface area contributed by atoms with Crippen LogP contribution in [0.4, 0.5) is 0 Å². The summed E-state index contributed by atoms with van der Waals surface area (Å²) in [6.07, 6.45) is 9.19. The van der Waals surface area contributed by atoms with Gasteiger partial charge in [-0.25, -0.2) is 8.42 Å². The van der Waals surface area contributed by atoms with Gasteiger partial charge in [0.15, 0.2) is 0 Å². The molecule has 156 valence electrons. The normalized spacial score (nSPS) is 22.4. The molecule has 0 aromatic heterocycles. The zero-order valence-electron chi connectivity index (χ0n) is 16.9. The number of aryl methyl sites for hydroxylation is 1. The molecular formula is C21H32N2O4S. The molecule has 2 fully saturated rings. The molecule has 1 amide bonds. The highest BCUT2D eigenvalue weighted by atomic mass is 32.2. The van der Waals surface area contributed by atoms with E-state index in [1.54, 1.807) is 25.1 Å². The smallest absolute Gasteiger partial charge is 0.244 e. The minimum absolute atomic E-state index is 0.146. The summed E-state index contributed by atoms with van der Waals surface area (Å²) in [5, 5.41) is 3.15. The van der Waals surface area contributed by atoms with Crippen LogP contribution in [-0.2, 0) is 14.8 Å². The van der Waals surface area contributed by atoms with Crippen LogP contribution in [0.5, 0.6) is 5.75 Å². The first kappa shape index (κ1) is 21.1. The largest absolute Gasteiger partial charge is 0.497 e. The molecule has 1 saturated heterocycles. The van der Waals surface area contributed by atoms with Crippen molar-refractivity contribution in [1.82, 2.24) is 9.62 Å². The molecule has 1 atom stereocenters. The molecule has 1 aromatic carbocycles. The molecule has 1 saturated carbocycles. The third-order valence-electron chi connectivity index (χ3n) is 5.94. The van der Waals surface area contributed by atoms with Crippen LogP contribution in [0.1, 0.15) is 63.4 Å². The van der Waals surface area contributed by atoms with Gasteiger partial charge in [-0.05, 0) is 44.2 Å². The minimum atomic E-state index is -3.76. The van der Waals surface area contributed by atoms with Crippen molar-refractivity contribution in [3.05, 3.63) is 23.8 Å². The van der Waals surface area contributed by atoms with Crippen LogP contribution in [0.15, 0.2) is 23.1 Å². The molecule has 1 aromatic rings. The number of amides is 1. The number of hydrogen-bond acceptors (Lipinski definition) is 4. The molecule has 7 heteroatoms. The quantitative estimate of drug-likeness (QED) is 0.810. The first-order valence-corrected chi connectivity index (χ1v) is 11.8. The Morgan fingerprint density at radius 2 is 1.75 bits per heavy atom. The van der Waals surface area contributed by atoms with Gasteiger partial charge >= 0.3 is 0 Å². The summed E-state index contributed by atoms with van der Waals surface area (Å²) < 4.78 is 33.2. The second kappa shape index (κ2) is 9.27. The van der Waals surface area contributed by atoms with Gasteiger partial charge in [-0.15, -0.1) is 0 Å². The lowest BCUT2D eigenvalue weighted by atomic mass is 9.96. The number of hydrogen-bond donors (Lipinski definition) is 1. The van der Waals surface area contributed by atoms with Gasteiger partial charge in [-0.3, -0.25) is 4.79 Å². The molecule has 0 spiro atoms. The Kier molecular flexibility index (Phi) is 6.99. The first-order valence-electron chi connectivity index (χ1n) is 10.4. The Bertz CT molecular complexity index is 786. The van der Waals surface area contributed by atoms with E-state index in [-0.39, 0.29) is 16.8 Å². The zero-order valence-corrected chi connectivity index (χ0v) is 17.8. The molecule has 1 aliphatic heterocycles. The Morgan fingerprint density at radius 1 is 1.07 bits per heavy atom. The predicted octanol–water partition coefficient (Wildman–Crippen LogP) is 3.39. The molecule has 28 heavy (non-hydrogen) atoms. The summed E-state index contributed by atoms with van der Waals surface area (Å²) >= 11 is 0. The highest BCUT2D eigenvalue weighted by molar-refractivity contribution is 7.89. The maximum Gasteiger partial charge on any atom is 0.244 e. The fraction of sp³-hybridized carbons (Fsp3) is 0.667. The van der Waals surface area contributed by atoms with Gasteiger partial charge in [0.25, 0.3) is 0 Å². The lowest BCUT2D eigenvalue weighted by molar-refractivity contribution is -0.125. The number of benzene rings is 1. The summed E-state index contributed by atoms with van der Waals surface area (Å²) in [6, 6.07) is 4.58. The van der Waals surface area contributed by atoms with Crippen molar-refractivity contribution in [2.24, 2.45) is 0 Å². The average molecular weight is 409 g/mol. The molecule has 1 aliphatic carbocycles. The van der Waals surface area contributed by atoms with Gasteiger partial charge in [-0.2, -0.15) is 4.31 Å². The summed E-state index contributed by atoms with van der Waals surface area (Å²) in [5.41, 5.74) is 0.659. The summed E-state index contributed by atoms with van der Waals surface area (Å²) in [6.45, 7) is 2.15. The molecule has 2 aliphatic rings. The van der Waals surface area contributed by atoms with E-state index in [1.807, 2.05) is 0 Å². The fourth-order valence-corrected chi connectivity index (χ4v) is 6.20. The van der Waals surface area contributed by atoms with Crippen LogP contribution in [0.25, 0.3) is 0 Å². The van der Waals surface area contributed by atoms with Crippen molar-refractivity contribution < 1.29 is 17.9 Å².